The van der Waals surface area contributed by atoms with E-state index in [0.29, 0.717) is 0 Å². The van der Waals surface area contributed by atoms with E-state index in [-0.39, 0.29) is 0 Å². The zero-order valence-corrected chi connectivity index (χ0v) is 15.1. The monoisotopic (exact) mass is 350 g/mol. The average Bonchev–Trinajstić information content (AvgIpc) is 2.72. The van der Waals surface area contributed by atoms with Crippen LogP contribution < -0.4 is 10.6 Å². The van der Waals surface area contributed by atoms with Gasteiger partial charge in [0.1, 0.15) is 0 Å². The molecule has 0 bridgehead atoms. The minimum Gasteiger partial charge on any atom is -0.356 e. The van der Waals surface area contributed by atoms with Crippen LogP contribution in [0.15, 0.2) is 109 Å². The lowest BCUT2D eigenvalue weighted by atomic mass is 10.0. The first-order valence-electron chi connectivity index (χ1n) is 9.18. The number of para-hydroxylation sites is 2. The molecular formula is C25H22N2. The molecule has 2 N–H and O–H groups in total. The second-order valence-corrected chi connectivity index (χ2v) is 6.52. The van der Waals surface area contributed by atoms with Crippen LogP contribution in [0.25, 0.3) is 0 Å². The van der Waals surface area contributed by atoms with E-state index in [1.807, 2.05) is 36.4 Å². The van der Waals surface area contributed by atoms with Crippen LogP contribution in [0, 0.1) is 0 Å². The van der Waals surface area contributed by atoms with Gasteiger partial charge in [-0.15, -0.1) is 0 Å². The molecule has 0 saturated carbocycles. The Balaban J connectivity index is 1.65. The van der Waals surface area contributed by atoms with Gasteiger partial charge in [0.25, 0.3) is 0 Å². The normalized spacial score (nSPS) is 10.4. The van der Waals surface area contributed by atoms with Crippen molar-refractivity contribution in [2.24, 2.45) is 0 Å². The summed E-state index contributed by atoms with van der Waals surface area (Å²) in [4.78, 5) is 0. The van der Waals surface area contributed by atoms with E-state index in [4.69, 9.17) is 0 Å². The van der Waals surface area contributed by atoms with E-state index in [1.165, 1.54) is 11.1 Å². The predicted octanol–water partition coefficient (Wildman–Crippen LogP) is 6.76. The molecule has 0 radical (unpaired) electrons. The summed E-state index contributed by atoms with van der Waals surface area (Å²) < 4.78 is 0. The van der Waals surface area contributed by atoms with Crippen molar-refractivity contribution in [3.63, 3.8) is 0 Å². The zero-order valence-electron chi connectivity index (χ0n) is 15.1. The number of anilines is 4. The van der Waals surface area contributed by atoms with Gasteiger partial charge in [-0.25, -0.2) is 0 Å². The molecule has 0 atom stereocenters. The summed E-state index contributed by atoms with van der Waals surface area (Å²) in [6.45, 7) is 0. The van der Waals surface area contributed by atoms with Gasteiger partial charge in [0, 0.05) is 22.7 Å². The van der Waals surface area contributed by atoms with E-state index in [9.17, 15) is 0 Å². The van der Waals surface area contributed by atoms with Crippen LogP contribution in [0.2, 0.25) is 0 Å². The second-order valence-electron chi connectivity index (χ2n) is 6.52. The third kappa shape index (κ3) is 4.56. The summed E-state index contributed by atoms with van der Waals surface area (Å²) in [6.07, 6.45) is 0.875. The van der Waals surface area contributed by atoms with E-state index in [2.05, 4.69) is 83.4 Å². The molecule has 27 heavy (non-hydrogen) atoms. The highest BCUT2D eigenvalue weighted by Gasteiger charge is 2.07. The van der Waals surface area contributed by atoms with Crippen LogP contribution in [-0.4, -0.2) is 0 Å². The molecule has 132 valence electrons. The van der Waals surface area contributed by atoms with Gasteiger partial charge in [0.2, 0.25) is 0 Å². The summed E-state index contributed by atoms with van der Waals surface area (Å²) >= 11 is 0. The number of hydrogen-bond acceptors (Lipinski definition) is 2. The van der Waals surface area contributed by atoms with E-state index in [0.717, 1.165) is 29.2 Å². The fourth-order valence-corrected chi connectivity index (χ4v) is 3.12. The van der Waals surface area contributed by atoms with Crippen molar-refractivity contribution in [1.29, 1.82) is 0 Å². The molecule has 0 amide bonds. The number of nitrogens with one attached hydrogen (secondary N) is 2. The van der Waals surface area contributed by atoms with E-state index < -0.39 is 0 Å². The number of benzene rings is 4. The van der Waals surface area contributed by atoms with Crippen LogP contribution in [0.4, 0.5) is 22.7 Å². The van der Waals surface area contributed by atoms with Gasteiger partial charge in [-0.2, -0.15) is 0 Å². The lowest BCUT2D eigenvalue weighted by Gasteiger charge is -2.15. The van der Waals surface area contributed by atoms with Crippen LogP contribution in [0.3, 0.4) is 0 Å². The Kier molecular flexibility index (Phi) is 5.16. The lowest BCUT2D eigenvalue weighted by Crippen LogP contribution is -1.99. The average molecular weight is 350 g/mol. The zero-order chi connectivity index (χ0) is 18.3. The van der Waals surface area contributed by atoms with Crippen molar-refractivity contribution in [2.75, 3.05) is 10.6 Å². The van der Waals surface area contributed by atoms with E-state index in [1.54, 1.807) is 0 Å². The van der Waals surface area contributed by atoms with Gasteiger partial charge in [0.05, 0.1) is 0 Å². The molecule has 2 heteroatoms. The van der Waals surface area contributed by atoms with Crippen molar-refractivity contribution >= 4 is 22.7 Å². The summed E-state index contributed by atoms with van der Waals surface area (Å²) in [5.41, 5.74) is 6.95. The molecule has 0 heterocycles. The van der Waals surface area contributed by atoms with Crippen molar-refractivity contribution < 1.29 is 0 Å². The van der Waals surface area contributed by atoms with E-state index >= 15 is 0 Å². The van der Waals surface area contributed by atoms with Crippen LogP contribution in [0.1, 0.15) is 11.1 Å². The fourth-order valence-electron chi connectivity index (χ4n) is 3.12. The van der Waals surface area contributed by atoms with Crippen molar-refractivity contribution in [3.8, 4) is 0 Å². The summed E-state index contributed by atoms with van der Waals surface area (Å²) in [5, 5.41) is 7.05. The third-order valence-corrected chi connectivity index (χ3v) is 4.46. The Morgan fingerprint density at radius 2 is 1.04 bits per heavy atom. The van der Waals surface area contributed by atoms with Gasteiger partial charge in [-0.05, 0) is 60.0 Å². The Hall–Kier alpha value is -3.52. The first-order chi connectivity index (χ1) is 13.4. The summed E-state index contributed by atoms with van der Waals surface area (Å²) in [6, 6.07) is 37.6. The highest BCUT2D eigenvalue weighted by atomic mass is 14.9. The molecule has 0 fully saturated rings. The van der Waals surface area contributed by atoms with Gasteiger partial charge in [-0.1, -0.05) is 66.7 Å². The topological polar surface area (TPSA) is 24.1 Å². The molecule has 0 aliphatic carbocycles. The molecule has 4 rings (SSSR count). The van der Waals surface area contributed by atoms with Crippen LogP contribution in [0.5, 0.6) is 0 Å². The van der Waals surface area contributed by atoms with Crippen molar-refractivity contribution in [1.82, 2.24) is 0 Å². The maximum atomic E-state index is 3.56. The highest BCUT2D eigenvalue weighted by Crippen LogP contribution is 2.28. The van der Waals surface area contributed by atoms with Crippen LogP contribution in [-0.2, 0) is 6.42 Å². The first-order valence-corrected chi connectivity index (χ1v) is 9.18. The van der Waals surface area contributed by atoms with Gasteiger partial charge < -0.3 is 10.6 Å². The second kappa shape index (κ2) is 8.24. The maximum Gasteiger partial charge on any atom is 0.0421 e. The van der Waals surface area contributed by atoms with Gasteiger partial charge in [-0.3, -0.25) is 0 Å². The molecule has 0 spiro atoms. The minimum absolute atomic E-state index is 0.875. The SMILES string of the molecule is c1ccc(Cc2cc(Nc3ccccc3)ccc2Nc2ccccc2)cc1. The Labute approximate surface area is 160 Å². The molecule has 0 unspecified atom stereocenters. The molecule has 0 aliphatic rings. The number of hydrogen-bond donors (Lipinski definition) is 2. The van der Waals surface area contributed by atoms with Gasteiger partial charge >= 0.3 is 0 Å². The largest absolute Gasteiger partial charge is 0.356 e. The molecule has 0 aliphatic heterocycles. The minimum atomic E-state index is 0.875. The molecule has 2 nitrogen and oxygen atoms in total. The molecule has 0 aromatic heterocycles. The van der Waals surface area contributed by atoms with Crippen LogP contribution >= 0.6 is 0 Å². The third-order valence-electron chi connectivity index (χ3n) is 4.46. The Morgan fingerprint density at radius 1 is 0.481 bits per heavy atom. The van der Waals surface area contributed by atoms with Crippen molar-refractivity contribution in [3.05, 3.63) is 120 Å². The predicted molar refractivity (Wildman–Crippen MR) is 115 cm³/mol. The molecule has 4 aromatic carbocycles. The standard InChI is InChI=1S/C25H22N2/c1-4-10-20(11-5-1)18-21-19-24(26-22-12-6-2-7-13-22)16-17-25(21)27-23-14-8-3-9-15-23/h1-17,19,26-27H,18H2. The highest BCUT2D eigenvalue weighted by molar-refractivity contribution is 5.70. The number of rotatable bonds is 6. The summed E-state index contributed by atoms with van der Waals surface area (Å²) in [5.74, 6) is 0. The van der Waals surface area contributed by atoms with Gasteiger partial charge in [0.15, 0.2) is 0 Å². The Bertz CT molecular complexity index is 980. The molecule has 4 aromatic rings. The molecular weight excluding hydrogens is 328 g/mol. The first kappa shape index (κ1) is 16.9. The molecule has 0 saturated heterocycles. The Morgan fingerprint density at radius 3 is 1.67 bits per heavy atom. The summed E-state index contributed by atoms with van der Waals surface area (Å²) in [7, 11) is 0. The quantitative estimate of drug-likeness (QED) is 0.401. The lowest BCUT2D eigenvalue weighted by molar-refractivity contribution is 1.19. The smallest absolute Gasteiger partial charge is 0.0421 e. The fraction of sp³-hybridized carbons (Fsp3) is 0.0400. The van der Waals surface area contributed by atoms with Crippen molar-refractivity contribution in [2.45, 2.75) is 6.42 Å². The maximum absolute atomic E-state index is 3.56.